The Kier molecular flexibility index (Phi) is 7.10. The van der Waals surface area contributed by atoms with Crippen molar-refractivity contribution in [3.05, 3.63) is 0 Å². The summed E-state index contributed by atoms with van der Waals surface area (Å²) >= 11 is 0. The van der Waals surface area contributed by atoms with Gasteiger partial charge >= 0.3 is 5.97 Å². The van der Waals surface area contributed by atoms with Crippen LogP contribution in [0.2, 0.25) is 0 Å². The molecule has 0 aromatic carbocycles. The Bertz CT molecular complexity index is 335. The standard InChI is InChI=1S/C16H32N2O3/c1-12(2)17-16(5,15(19)20)8-6-7-9-18-10-14(4)21-11-13(18)3/h12-14,17H,6-11H2,1-5H3,(H,19,20). The molecule has 1 saturated heterocycles. The molecule has 3 atom stereocenters. The largest absolute Gasteiger partial charge is 0.480 e. The number of carbonyl (C=O) groups is 1. The highest BCUT2D eigenvalue weighted by molar-refractivity contribution is 5.78. The number of nitrogens with zero attached hydrogens (tertiary/aromatic N) is 1. The number of aliphatic carboxylic acids is 1. The van der Waals surface area contributed by atoms with Gasteiger partial charge in [-0.15, -0.1) is 0 Å². The first-order valence-electron chi connectivity index (χ1n) is 8.11. The van der Waals surface area contributed by atoms with Crippen LogP contribution in [0.1, 0.15) is 53.9 Å². The number of rotatable bonds is 8. The van der Waals surface area contributed by atoms with Crippen LogP contribution in [0, 0.1) is 0 Å². The second-order valence-electron chi connectivity index (χ2n) is 6.88. The van der Waals surface area contributed by atoms with Crippen LogP contribution in [0.3, 0.4) is 0 Å². The van der Waals surface area contributed by atoms with Gasteiger partial charge in [-0.25, -0.2) is 0 Å². The molecule has 1 fully saturated rings. The third kappa shape index (κ3) is 5.93. The van der Waals surface area contributed by atoms with E-state index in [2.05, 4.69) is 24.1 Å². The van der Waals surface area contributed by atoms with Gasteiger partial charge in [0.05, 0.1) is 12.7 Å². The molecule has 0 spiro atoms. The van der Waals surface area contributed by atoms with Crippen LogP contribution in [-0.2, 0) is 9.53 Å². The predicted octanol–water partition coefficient (Wildman–Crippen LogP) is 2.11. The first-order chi connectivity index (χ1) is 9.74. The number of hydrogen-bond donors (Lipinski definition) is 2. The van der Waals surface area contributed by atoms with Crippen molar-refractivity contribution in [2.24, 2.45) is 0 Å². The molecule has 5 nitrogen and oxygen atoms in total. The summed E-state index contributed by atoms with van der Waals surface area (Å²) in [4.78, 5) is 13.9. The molecule has 21 heavy (non-hydrogen) atoms. The Morgan fingerprint density at radius 1 is 1.43 bits per heavy atom. The summed E-state index contributed by atoms with van der Waals surface area (Å²) in [5, 5.41) is 12.6. The van der Waals surface area contributed by atoms with Crippen LogP contribution < -0.4 is 5.32 Å². The first kappa shape index (κ1) is 18.4. The quantitative estimate of drug-likeness (QED) is 0.672. The highest BCUT2D eigenvalue weighted by Crippen LogP contribution is 2.17. The Balaban J connectivity index is 2.35. The van der Waals surface area contributed by atoms with Crippen LogP contribution in [0.15, 0.2) is 0 Å². The third-order valence-corrected chi connectivity index (χ3v) is 4.19. The summed E-state index contributed by atoms with van der Waals surface area (Å²) in [6.07, 6.45) is 2.91. The number of nitrogens with one attached hydrogen (secondary N) is 1. The molecule has 1 aliphatic heterocycles. The molecule has 124 valence electrons. The van der Waals surface area contributed by atoms with Crippen molar-refractivity contribution in [2.45, 2.75) is 77.6 Å². The minimum atomic E-state index is -0.821. The van der Waals surface area contributed by atoms with Crippen molar-refractivity contribution >= 4 is 5.97 Å². The van der Waals surface area contributed by atoms with Crippen molar-refractivity contribution < 1.29 is 14.6 Å². The van der Waals surface area contributed by atoms with Gasteiger partial charge in [-0.05, 0) is 60.4 Å². The van der Waals surface area contributed by atoms with Gasteiger partial charge in [0.1, 0.15) is 5.54 Å². The van der Waals surface area contributed by atoms with Gasteiger partial charge in [-0.1, -0.05) is 0 Å². The Morgan fingerprint density at radius 3 is 2.67 bits per heavy atom. The lowest BCUT2D eigenvalue weighted by atomic mass is 9.94. The van der Waals surface area contributed by atoms with Crippen LogP contribution in [-0.4, -0.2) is 59.4 Å². The van der Waals surface area contributed by atoms with Gasteiger partial charge < -0.3 is 9.84 Å². The number of morpholine rings is 1. The van der Waals surface area contributed by atoms with E-state index in [-0.39, 0.29) is 6.04 Å². The average molecular weight is 300 g/mol. The van der Waals surface area contributed by atoms with E-state index in [4.69, 9.17) is 4.74 Å². The lowest BCUT2D eigenvalue weighted by molar-refractivity contribution is -0.144. The van der Waals surface area contributed by atoms with Gasteiger partial charge in [0.15, 0.2) is 0 Å². The number of carboxylic acids is 1. The van der Waals surface area contributed by atoms with Gasteiger partial charge in [-0.2, -0.15) is 0 Å². The normalized spacial score (nSPS) is 26.8. The van der Waals surface area contributed by atoms with E-state index in [0.29, 0.717) is 18.6 Å². The van der Waals surface area contributed by atoms with Crippen molar-refractivity contribution in [2.75, 3.05) is 19.7 Å². The van der Waals surface area contributed by atoms with E-state index >= 15 is 0 Å². The third-order valence-electron chi connectivity index (χ3n) is 4.19. The van der Waals surface area contributed by atoms with Crippen LogP contribution in [0.5, 0.6) is 0 Å². The van der Waals surface area contributed by atoms with Crippen LogP contribution in [0.4, 0.5) is 0 Å². The fourth-order valence-corrected chi connectivity index (χ4v) is 2.95. The zero-order valence-electron chi connectivity index (χ0n) is 14.2. The second-order valence-corrected chi connectivity index (χ2v) is 6.88. The topological polar surface area (TPSA) is 61.8 Å². The molecule has 3 unspecified atom stereocenters. The highest BCUT2D eigenvalue weighted by Gasteiger charge is 2.32. The lowest BCUT2D eigenvalue weighted by Crippen LogP contribution is -2.52. The molecule has 2 N–H and O–H groups in total. The van der Waals surface area contributed by atoms with Crippen molar-refractivity contribution in [1.82, 2.24) is 10.2 Å². The Morgan fingerprint density at radius 2 is 2.10 bits per heavy atom. The molecule has 0 saturated carbocycles. The van der Waals surface area contributed by atoms with Gasteiger partial charge in [-0.3, -0.25) is 15.0 Å². The molecule has 5 heteroatoms. The molecule has 1 heterocycles. The summed E-state index contributed by atoms with van der Waals surface area (Å²) in [5.41, 5.74) is -0.821. The van der Waals surface area contributed by atoms with Gasteiger partial charge in [0.2, 0.25) is 0 Å². The van der Waals surface area contributed by atoms with Crippen LogP contribution >= 0.6 is 0 Å². The van der Waals surface area contributed by atoms with E-state index in [9.17, 15) is 9.90 Å². The Hall–Kier alpha value is -0.650. The SMILES string of the molecule is CC(C)NC(C)(CCCCN1CC(C)OCC1C)C(=O)O. The van der Waals surface area contributed by atoms with Crippen molar-refractivity contribution in [1.29, 1.82) is 0 Å². The molecular weight excluding hydrogens is 268 g/mol. The fourth-order valence-electron chi connectivity index (χ4n) is 2.95. The van der Waals surface area contributed by atoms with Crippen LogP contribution in [0.25, 0.3) is 0 Å². The molecule has 0 aliphatic carbocycles. The minimum absolute atomic E-state index is 0.172. The number of carboxylic acid groups (broad SMARTS) is 1. The average Bonchev–Trinajstić information content (AvgIpc) is 2.37. The van der Waals surface area contributed by atoms with Gasteiger partial charge in [0.25, 0.3) is 0 Å². The van der Waals surface area contributed by atoms with Crippen molar-refractivity contribution in [3.8, 4) is 0 Å². The van der Waals surface area contributed by atoms with Crippen molar-refractivity contribution in [3.63, 3.8) is 0 Å². The maximum atomic E-state index is 11.5. The number of unbranched alkanes of at least 4 members (excludes halogenated alkanes) is 1. The van der Waals surface area contributed by atoms with E-state index in [0.717, 1.165) is 32.5 Å². The molecular formula is C16H32N2O3. The molecule has 1 aliphatic rings. The molecule has 0 radical (unpaired) electrons. The number of ether oxygens (including phenoxy) is 1. The zero-order valence-corrected chi connectivity index (χ0v) is 14.2. The van der Waals surface area contributed by atoms with E-state index < -0.39 is 11.5 Å². The molecule has 0 amide bonds. The summed E-state index contributed by atoms with van der Waals surface area (Å²) in [6, 6.07) is 0.632. The minimum Gasteiger partial charge on any atom is -0.480 e. The maximum Gasteiger partial charge on any atom is 0.323 e. The molecule has 1 rings (SSSR count). The maximum absolute atomic E-state index is 11.5. The Labute approximate surface area is 129 Å². The summed E-state index contributed by atoms with van der Waals surface area (Å²) in [6.45, 7) is 12.8. The van der Waals surface area contributed by atoms with E-state index in [1.807, 2.05) is 13.8 Å². The molecule has 0 bridgehead atoms. The fraction of sp³-hybridized carbons (Fsp3) is 0.938. The molecule has 0 aromatic heterocycles. The highest BCUT2D eigenvalue weighted by atomic mass is 16.5. The van der Waals surface area contributed by atoms with E-state index in [1.165, 1.54) is 0 Å². The monoisotopic (exact) mass is 300 g/mol. The zero-order chi connectivity index (χ0) is 16.0. The second kappa shape index (κ2) is 8.11. The number of hydrogen-bond acceptors (Lipinski definition) is 4. The first-order valence-corrected chi connectivity index (χ1v) is 8.11. The summed E-state index contributed by atoms with van der Waals surface area (Å²) < 4.78 is 5.63. The summed E-state index contributed by atoms with van der Waals surface area (Å²) in [5.74, 6) is -0.760. The lowest BCUT2D eigenvalue weighted by Gasteiger charge is -2.37. The van der Waals surface area contributed by atoms with Gasteiger partial charge in [0, 0.05) is 18.6 Å². The predicted molar refractivity (Wildman–Crippen MR) is 84.6 cm³/mol. The van der Waals surface area contributed by atoms with E-state index in [1.54, 1.807) is 6.92 Å². The smallest absolute Gasteiger partial charge is 0.323 e. The molecule has 0 aromatic rings. The summed E-state index contributed by atoms with van der Waals surface area (Å²) in [7, 11) is 0.